The van der Waals surface area contributed by atoms with Gasteiger partial charge in [0.2, 0.25) is 0 Å². The minimum absolute atomic E-state index is 0.138. The molecule has 0 N–H and O–H groups in total. The molecule has 1 heterocycles. The first-order valence-corrected chi connectivity index (χ1v) is 10.7. The second kappa shape index (κ2) is 7.95. The van der Waals surface area contributed by atoms with Gasteiger partial charge in [-0.1, -0.05) is 107 Å². The van der Waals surface area contributed by atoms with Crippen LogP contribution in [0.1, 0.15) is 51.7 Å². The average Bonchev–Trinajstić information content (AvgIpc) is 3.23. The summed E-state index contributed by atoms with van der Waals surface area (Å²) >= 11 is 0. The number of hydrogen-bond acceptors (Lipinski definition) is 1. The highest BCUT2D eigenvalue weighted by atomic mass is 15.1. The number of aromatic nitrogens is 2. The first-order chi connectivity index (χ1) is 14.4. The highest BCUT2D eigenvalue weighted by Crippen LogP contribution is 2.36. The summed E-state index contributed by atoms with van der Waals surface area (Å²) in [4.78, 5) is 4.75. The summed E-state index contributed by atoms with van der Waals surface area (Å²) in [6.07, 6.45) is 3.99. The highest BCUT2D eigenvalue weighted by Gasteiger charge is 2.19. The van der Waals surface area contributed by atoms with Crippen LogP contribution in [0.5, 0.6) is 0 Å². The van der Waals surface area contributed by atoms with Crippen molar-refractivity contribution in [2.75, 3.05) is 0 Å². The van der Waals surface area contributed by atoms with Crippen LogP contribution in [0.4, 0.5) is 0 Å². The van der Waals surface area contributed by atoms with E-state index in [0.29, 0.717) is 5.92 Å². The smallest absolute Gasteiger partial charge is 0.144 e. The monoisotopic (exact) mass is 394 g/mol. The summed E-state index contributed by atoms with van der Waals surface area (Å²) in [6, 6.07) is 26.1. The van der Waals surface area contributed by atoms with Crippen molar-refractivity contribution in [2.45, 2.75) is 46.0 Å². The lowest BCUT2D eigenvalue weighted by molar-refractivity contribution is 0.590. The molecule has 4 rings (SSSR count). The first kappa shape index (κ1) is 20.2. The summed E-state index contributed by atoms with van der Waals surface area (Å²) in [5, 5.41) is 0. The fourth-order valence-corrected chi connectivity index (χ4v) is 3.96. The van der Waals surface area contributed by atoms with E-state index in [-0.39, 0.29) is 5.41 Å². The van der Waals surface area contributed by atoms with E-state index in [1.165, 1.54) is 27.9 Å². The highest BCUT2D eigenvalue weighted by molar-refractivity contribution is 5.77. The van der Waals surface area contributed by atoms with Crippen LogP contribution in [-0.2, 0) is 5.41 Å². The maximum atomic E-state index is 4.75. The third-order valence-corrected chi connectivity index (χ3v) is 5.66. The van der Waals surface area contributed by atoms with Crippen molar-refractivity contribution < 1.29 is 0 Å². The van der Waals surface area contributed by atoms with Gasteiger partial charge in [-0.3, -0.25) is 4.57 Å². The summed E-state index contributed by atoms with van der Waals surface area (Å²) in [7, 11) is 0. The van der Waals surface area contributed by atoms with E-state index in [2.05, 4.69) is 118 Å². The Kier molecular flexibility index (Phi) is 5.34. The molecule has 0 saturated carbocycles. The number of nitrogens with zero attached hydrogens (tertiary/aromatic N) is 2. The van der Waals surface area contributed by atoms with E-state index in [1.807, 2.05) is 6.20 Å². The number of hydrogen-bond donors (Lipinski definition) is 0. The standard InChI is InChI=1S/C28H30N2/c1-20(2)24-12-9-13-25(21-10-7-6-8-11-21)26(24)30-19-18-29-27(30)22-14-16-23(17-15-22)28(3,4)5/h6-20H,1-5H3. The summed E-state index contributed by atoms with van der Waals surface area (Å²) in [6.45, 7) is 11.2. The zero-order chi connectivity index (χ0) is 21.3. The average molecular weight is 395 g/mol. The first-order valence-electron chi connectivity index (χ1n) is 10.7. The fraction of sp³-hybridized carbons (Fsp3) is 0.250. The second-order valence-electron chi connectivity index (χ2n) is 9.21. The van der Waals surface area contributed by atoms with Gasteiger partial charge in [-0.2, -0.15) is 0 Å². The van der Waals surface area contributed by atoms with Crippen LogP contribution in [0.3, 0.4) is 0 Å². The minimum atomic E-state index is 0.138. The molecular formula is C28H30N2. The van der Waals surface area contributed by atoms with E-state index in [1.54, 1.807) is 0 Å². The van der Waals surface area contributed by atoms with Gasteiger partial charge in [0.05, 0.1) is 5.69 Å². The van der Waals surface area contributed by atoms with Gasteiger partial charge in [0, 0.05) is 23.5 Å². The third-order valence-electron chi connectivity index (χ3n) is 5.66. The predicted octanol–water partition coefficient (Wildman–Crippen LogP) is 7.63. The van der Waals surface area contributed by atoms with Crippen LogP contribution < -0.4 is 0 Å². The van der Waals surface area contributed by atoms with Crippen molar-refractivity contribution in [3.8, 4) is 28.2 Å². The molecule has 4 aromatic rings. The van der Waals surface area contributed by atoms with E-state index < -0.39 is 0 Å². The van der Waals surface area contributed by atoms with Gasteiger partial charge in [-0.25, -0.2) is 4.98 Å². The van der Waals surface area contributed by atoms with Crippen LogP contribution in [0.15, 0.2) is 85.2 Å². The minimum Gasteiger partial charge on any atom is -0.299 e. The number of rotatable bonds is 4. The topological polar surface area (TPSA) is 17.8 Å². The summed E-state index contributed by atoms with van der Waals surface area (Å²) < 4.78 is 2.25. The van der Waals surface area contributed by atoms with Crippen molar-refractivity contribution in [3.05, 3.63) is 96.3 Å². The molecule has 0 radical (unpaired) electrons. The van der Waals surface area contributed by atoms with Gasteiger partial charge in [0.1, 0.15) is 5.82 Å². The van der Waals surface area contributed by atoms with Gasteiger partial charge in [0.25, 0.3) is 0 Å². The third kappa shape index (κ3) is 3.82. The molecule has 0 unspecified atom stereocenters. The van der Waals surface area contributed by atoms with Crippen LogP contribution in [-0.4, -0.2) is 9.55 Å². The summed E-state index contributed by atoms with van der Waals surface area (Å²) in [5.41, 5.74) is 7.58. The van der Waals surface area contributed by atoms with Crippen molar-refractivity contribution in [1.82, 2.24) is 9.55 Å². The second-order valence-corrected chi connectivity index (χ2v) is 9.21. The lowest BCUT2D eigenvalue weighted by atomic mass is 9.86. The Labute approximate surface area is 180 Å². The maximum Gasteiger partial charge on any atom is 0.144 e. The molecule has 0 bridgehead atoms. The molecular weight excluding hydrogens is 364 g/mol. The van der Waals surface area contributed by atoms with E-state index in [0.717, 1.165) is 11.4 Å². The van der Waals surface area contributed by atoms with Crippen molar-refractivity contribution in [1.29, 1.82) is 0 Å². The molecule has 2 nitrogen and oxygen atoms in total. The molecule has 0 spiro atoms. The Hall–Kier alpha value is -3.13. The van der Waals surface area contributed by atoms with E-state index in [9.17, 15) is 0 Å². The molecule has 0 aliphatic carbocycles. The van der Waals surface area contributed by atoms with E-state index in [4.69, 9.17) is 4.98 Å². The molecule has 1 aromatic heterocycles. The predicted molar refractivity (Wildman–Crippen MR) is 127 cm³/mol. The summed E-state index contributed by atoms with van der Waals surface area (Å²) in [5.74, 6) is 1.38. The fourth-order valence-electron chi connectivity index (χ4n) is 3.96. The van der Waals surface area contributed by atoms with Gasteiger partial charge >= 0.3 is 0 Å². The Morgan fingerprint density at radius 1 is 0.767 bits per heavy atom. The molecule has 30 heavy (non-hydrogen) atoms. The lowest BCUT2D eigenvalue weighted by Gasteiger charge is -2.21. The molecule has 3 aromatic carbocycles. The molecule has 0 aliphatic heterocycles. The number of benzene rings is 3. The van der Waals surface area contributed by atoms with Crippen LogP contribution >= 0.6 is 0 Å². The number of para-hydroxylation sites is 1. The van der Waals surface area contributed by atoms with E-state index >= 15 is 0 Å². The zero-order valence-corrected chi connectivity index (χ0v) is 18.6. The molecule has 152 valence electrons. The Morgan fingerprint density at radius 2 is 1.47 bits per heavy atom. The van der Waals surface area contributed by atoms with Crippen molar-refractivity contribution in [2.24, 2.45) is 0 Å². The van der Waals surface area contributed by atoms with Crippen LogP contribution in [0.25, 0.3) is 28.2 Å². The van der Waals surface area contributed by atoms with Crippen molar-refractivity contribution in [3.63, 3.8) is 0 Å². The maximum absolute atomic E-state index is 4.75. The zero-order valence-electron chi connectivity index (χ0n) is 18.6. The number of imidazole rings is 1. The lowest BCUT2D eigenvalue weighted by Crippen LogP contribution is -2.10. The van der Waals surface area contributed by atoms with Gasteiger partial charge < -0.3 is 0 Å². The Bertz CT molecular complexity index is 1130. The molecule has 0 saturated heterocycles. The van der Waals surface area contributed by atoms with Crippen molar-refractivity contribution >= 4 is 0 Å². The molecule has 0 fully saturated rings. The Balaban J connectivity index is 1.90. The quantitative estimate of drug-likeness (QED) is 0.348. The molecule has 0 atom stereocenters. The molecule has 0 amide bonds. The SMILES string of the molecule is CC(C)c1cccc(-c2ccccc2)c1-n1ccnc1-c1ccc(C(C)(C)C)cc1. The van der Waals surface area contributed by atoms with Gasteiger partial charge in [-0.05, 0) is 28.0 Å². The molecule has 0 aliphatic rings. The van der Waals surface area contributed by atoms with Crippen LogP contribution in [0.2, 0.25) is 0 Å². The molecule has 2 heteroatoms. The van der Waals surface area contributed by atoms with Gasteiger partial charge in [0.15, 0.2) is 0 Å². The largest absolute Gasteiger partial charge is 0.299 e. The Morgan fingerprint density at radius 3 is 2.10 bits per heavy atom. The normalized spacial score (nSPS) is 11.8. The van der Waals surface area contributed by atoms with Crippen LogP contribution in [0, 0.1) is 0 Å². The van der Waals surface area contributed by atoms with Gasteiger partial charge in [-0.15, -0.1) is 0 Å².